The molecule has 0 saturated heterocycles. The molecule has 0 bridgehead atoms. The van der Waals surface area contributed by atoms with Crippen LogP contribution in [0.15, 0.2) is 34.8 Å². The fourth-order valence-electron chi connectivity index (χ4n) is 1.56. The molecular formula is C13H11N3O4S. The van der Waals surface area contributed by atoms with Crippen molar-refractivity contribution in [1.82, 2.24) is 4.98 Å². The van der Waals surface area contributed by atoms with Gasteiger partial charge in [0.1, 0.15) is 12.3 Å². The van der Waals surface area contributed by atoms with E-state index in [1.807, 2.05) is 0 Å². The van der Waals surface area contributed by atoms with E-state index in [0.717, 1.165) is 0 Å². The predicted octanol–water partition coefficient (Wildman–Crippen LogP) is 1.54. The van der Waals surface area contributed by atoms with E-state index in [1.165, 1.54) is 17.4 Å². The summed E-state index contributed by atoms with van der Waals surface area (Å²) < 4.78 is 0. The molecule has 0 atom stereocenters. The normalized spacial score (nSPS) is 11.1. The maximum Gasteiger partial charge on any atom is 0.336 e. The summed E-state index contributed by atoms with van der Waals surface area (Å²) in [6.45, 7) is -0.0700. The van der Waals surface area contributed by atoms with Crippen LogP contribution in [0.5, 0.6) is 0 Å². The number of aromatic nitrogens is 1. The zero-order chi connectivity index (χ0) is 15.2. The van der Waals surface area contributed by atoms with E-state index in [1.54, 1.807) is 23.6 Å². The number of aromatic carboxylic acids is 1. The van der Waals surface area contributed by atoms with Crippen LogP contribution in [0.1, 0.15) is 21.6 Å². The van der Waals surface area contributed by atoms with Gasteiger partial charge < -0.3 is 15.7 Å². The highest BCUT2D eigenvalue weighted by Crippen LogP contribution is 2.13. The number of nitrogen functional groups attached to an aromatic ring is 1. The second kappa shape index (κ2) is 6.62. The molecule has 0 spiro atoms. The third kappa shape index (κ3) is 3.63. The van der Waals surface area contributed by atoms with Gasteiger partial charge in [-0.05, 0) is 6.07 Å². The lowest BCUT2D eigenvalue weighted by Crippen LogP contribution is -2.06. The van der Waals surface area contributed by atoms with Gasteiger partial charge in [0.2, 0.25) is 0 Å². The Balaban J connectivity index is 2.11. The van der Waals surface area contributed by atoms with Crippen molar-refractivity contribution >= 4 is 34.4 Å². The topological polar surface area (TPSA) is 115 Å². The molecule has 0 amide bonds. The van der Waals surface area contributed by atoms with Crippen molar-refractivity contribution in [3.8, 4) is 0 Å². The van der Waals surface area contributed by atoms with Crippen molar-refractivity contribution in [2.24, 2.45) is 5.16 Å². The first-order chi connectivity index (χ1) is 10.1. The van der Waals surface area contributed by atoms with Crippen molar-refractivity contribution in [2.75, 3.05) is 5.73 Å². The average Bonchev–Trinajstić information content (AvgIpc) is 2.90. The van der Waals surface area contributed by atoms with Gasteiger partial charge in [0, 0.05) is 10.9 Å². The Bertz CT molecular complexity index is 696. The van der Waals surface area contributed by atoms with Crippen LogP contribution in [-0.2, 0) is 16.2 Å². The average molecular weight is 305 g/mol. The fourth-order valence-corrected chi connectivity index (χ4v) is 2.12. The minimum absolute atomic E-state index is 0.00393. The molecular weight excluding hydrogens is 294 g/mol. The summed E-state index contributed by atoms with van der Waals surface area (Å²) in [4.78, 5) is 30.9. The molecule has 0 radical (unpaired) electrons. The molecule has 0 aliphatic heterocycles. The number of rotatable bonds is 6. The lowest BCUT2D eigenvalue weighted by Gasteiger charge is -2.04. The van der Waals surface area contributed by atoms with Gasteiger partial charge in [0.15, 0.2) is 17.1 Å². The minimum Gasteiger partial charge on any atom is -0.478 e. The second-order valence-electron chi connectivity index (χ2n) is 3.90. The molecule has 3 N–H and O–H groups in total. The molecule has 21 heavy (non-hydrogen) atoms. The molecule has 1 heterocycles. The van der Waals surface area contributed by atoms with Gasteiger partial charge in [0.05, 0.1) is 5.56 Å². The number of anilines is 1. The maximum atomic E-state index is 11.0. The van der Waals surface area contributed by atoms with Crippen molar-refractivity contribution in [3.05, 3.63) is 46.5 Å². The summed E-state index contributed by atoms with van der Waals surface area (Å²) in [6, 6.07) is 6.38. The lowest BCUT2D eigenvalue weighted by atomic mass is 10.1. The van der Waals surface area contributed by atoms with Crippen LogP contribution < -0.4 is 5.73 Å². The second-order valence-corrected chi connectivity index (χ2v) is 4.79. The van der Waals surface area contributed by atoms with E-state index in [-0.39, 0.29) is 17.9 Å². The molecule has 0 aliphatic carbocycles. The Hall–Kier alpha value is -2.74. The van der Waals surface area contributed by atoms with Crippen LogP contribution in [0.25, 0.3) is 0 Å². The van der Waals surface area contributed by atoms with Crippen molar-refractivity contribution in [2.45, 2.75) is 6.61 Å². The summed E-state index contributed by atoms with van der Waals surface area (Å²) in [5, 5.41) is 14.6. The monoisotopic (exact) mass is 305 g/mol. The number of thiazole rings is 1. The van der Waals surface area contributed by atoms with E-state index in [9.17, 15) is 9.59 Å². The molecule has 108 valence electrons. The molecule has 2 rings (SSSR count). The van der Waals surface area contributed by atoms with Crippen LogP contribution in [-0.4, -0.2) is 28.1 Å². The number of nitrogens with zero attached hydrogens (tertiary/aromatic N) is 2. The first-order valence-electron chi connectivity index (χ1n) is 5.79. The van der Waals surface area contributed by atoms with E-state index in [4.69, 9.17) is 15.7 Å². The van der Waals surface area contributed by atoms with Crippen molar-refractivity contribution in [3.63, 3.8) is 0 Å². The molecule has 0 aliphatic rings. The zero-order valence-corrected chi connectivity index (χ0v) is 11.5. The van der Waals surface area contributed by atoms with Gasteiger partial charge in [-0.25, -0.2) is 9.78 Å². The molecule has 2 aromatic rings. The zero-order valence-electron chi connectivity index (χ0n) is 10.7. The lowest BCUT2D eigenvalue weighted by molar-refractivity contribution is -0.102. The first-order valence-corrected chi connectivity index (χ1v) is 6.67. The smallest absolute Gasteiger partial charge is 0.336 e. The summed E-state index contributed by atoms with van der Waals surface area (Å²) in [6.07, 6.45) is 0.498. The predicted molar refractivity (Wildman–Crippen MR) is 77.3 cm³/mol. The van der Waals surface area contributed by atoms with Crippen LogP contribution in [0.4, 0.5) is 5.13 Å². The third-order valence-corrected chi connectivity index (χ3v) is 3.20. The molecule has 0 unspecified atom stereocenters. The number of hydrogen-bond donors (Lipinski definition) is 2. The molecule has 7 nitrogen and oxygen atoms in total. The highest BCUT2D eigenvalue weighted by molar-refractivity contribution is 7.13. The Labute approximate surface area is 123 Å². The Kier molecular flexibility index (Phi) is 4.62. The molecule has 8 heteroatoms. The Morgan fingerprint density at radius 1 is 1.48 bits per heavy atom. The van der Waals surface area contributed by atoms with E-state index in [2.05, 4.69) is 10.1 Å². The SMILES string of the molecule is Nc1nc(/C(C=O)=N\OCc2ccccc2C(=O)O)cs1. The number of carboxylic acids is 1. The van der Waals surface area contributed by atoms with Crippen LogP contribution >= 0.6 is 11.3 Å². The number of carbonyl (C=O) groups is 2. The number of nitrogens with two attached hydrogens (primary N) is 1. The highest BCUT2D eigenvalue weighted by atomic mass is 32.1. The van der Waals surface area contributed by atoms with Gasteiger partial charge in [-0.2, -0.15) is 0 Å². The fraction of sp³-hybridized carbons (Fsp3) is 0.0769. The molecule has 1 aromatic carbocycles. The van der Waals surface area contributed by atoms with Crippen LogP contribution in [0, 0.1) is 0 Å². The van der Waals surface area contributed by atoms with E-state index in [0.29, 0.717) is 22.7 Å². The third-order valence-electron chi connectivity index (χ3n) is 2.53. The molecule has 0 saturated carbocycles. The number of carbonyl (C=O) groups excluding carboxylic acids is 1. The first kappa shape index (κ1) is 14.7. The number of benzene rings is 1. The standard InChI is InChI=1S/C13H11N3O4S/c14-13-15-11(7-21-13)10(5-17)16-20-6-8-3-1-2-4-9(8)12(18)19/h1-5,7H,6H2,(H2,14,15)(H,18,19)/b16-10-. The Morgan fingerprint density at radius 2 is 2.24 bits per heavy atom. The van der Waals surface area contributed by atoms with Gasteiger partial charge >= 0.3 is 5.97 Å². The van der Waals surface area contributed by atoms with Crippen molar-refractivity contribution < 1.29 is 19.5 Å². The van der Waals surface area contributed by atoms with Gasteiger partial charge in [-0.1, -0.05) is 23.4 Å². The van der Waals surface area contributed by atoms with Gasteiger partial charge in [0.25, 0.3) is 0 Å². The summed E-state index contributed by atoms with van der Waals surface area (Å²) in [5.74, 6) is -1.05. The quantitative estimate of drug-likeness (QED) is 0.475. The highest BCUT2D eigenvalue weighted by Gasteiger charge is 2.10. The summed E-state index contributed by atoms with van der Waals surface area (Å²) >= 11 is 1.18. The minimum atomic E-state index is -1.05. The van der Waals surface area contributed by atoms with Crippen molar-refractivity contribution in [1.29, 1.82) is 0 Å². The molecule has 1 aromatic heterocycles. The van der Waals surface area contributed by atoms with E-state index >= 15 is 0 Å². The Morgan fingerprint density at radius 3 is 2.86 bits per heavy atom. The number of oxime groups is 1. The summed E-state index contributed by atoms with van der Waals surface area (Å²) in [5.41, 5.74) is 6.37. The summed E-state index contributed by atoms with van der Waals surface area (Å²) in [7, 11) is 0. The maximum absolute atomic E-state index is 11.0. The van der Waals surface area contributed by atoms with E-state index < -0.39 is 5.97 Å². The number of carboxylic acid groups (broad SMARTS) is 1. The van der Waals surface area contributed by atoms with Gasteiger partial charge in [-0.3, -0.25) is 4.79 Å². The van der Waals surface area contributed by atoms with Crippen LogP contribution in [0.2, 0.25) is 0 Å². The van der Waals surface area contributed by atoms with Crippen LogP contribution in [0.3, 0.4) is 0 Å². The number of aldehydes is 1. The number of hydrogen-bond acceptors (Lipinski definition) is 7. The van der Waals surface area contributed by atoms with Gasteiger partial charge in [-0.15, -0.1) is 11.3 Å². The largest absolute Gasteiger partial charge is 0.478 e. The molecule has 0 fully saturated rings.